The highest BCUT2D eigenvalue weighted by Crippen LogP contribution is 2.16. The van der Waals surface area contributed by atoms with Crippen molar-refractivity contribution in [3.8, 4) is 0 Å². The van der Waals surface area contributed by atoms with Crippen molar-refractivity contribution in [1.82, 2.24) is 10.6 Å². The van der Waals surface area contributed by atoms with Crippen LogP contribution < -0.4 is 10.6 Å². The topological polar surface area (TPSA) is 50.4 Å². The first-order chi connectivity index (χ1) is 7.83. The monoisotopic (exact) mass is 246 g/mol. The molecule has 0 saturated carbocycles. The van der Waals surface area contributed by atoms with Gasteiger partial charge >= 0.3 is 0 Å². The number of carbonyl (C=O) groups excluding carboxylic acids is 1. The molecule has 0 aromatic heterocycles. The first kappa shape index (κ1) is 13.8. The fraction of sp³-hybridized carbons (Fsp3) is 0.909. The highest BCUT2D eigenvalue weighted by molar-refractivity contribution is 7.99. The summed E-state index contributed by atoms with van der Waals surface area (Å²) >= 11 is 1.67. The van der Waals surface area contributed by atoms with Gasteiger partial charge in [-0.25, -0.2) is 0 Å². The van der Waals surface area contributed by atoms with Gasteiger partial charge in [0, 0.05) is 25.4 Å². The van der Waals surface area contributed by atoms with E-state index in [1.54, 1.807) is 11.8 Å². The third-order valence-electron chi connectivity index (χ3n) is 2.51. The van der Waals surface area contributed by atoms with Crippen LogP contribution >= 0.6 is 11.8 Å². The third kappa shape index (κ3) is 6.35. The van der Waals surface area contributed by atoms with E-state index < -0.39 is 0 Å². The molecule has 1 fully saturated rings. The molecule has 1 unspecified atom stereocenters. The summed E-state index contributed by atoms with van der Waals surface area (Å²) in [5.41, 5.74) is 0. The molecule has 5 heteroatoms. The fourth-order valence-electron chi connectivity index (χ4n) is 1.60. The van der Waals surface area contributed by atoms with Crippen LogP contribution in [0.2, 0.25) is 0 Å². The summed E-state index contributed by atoms with van der Waals surface area (Å²) in [6.45, 7) is 2.41. The lowest BCUT2D eigenvalue weighted by Crippen LogP contribution is -2.32. The maximum absolute atomic E-state index is 11.4. The van der Waals surface area contributed by atoms with Crippen LogP contribution in [0, 0.1) is 0 Å². The lowest BCUT2D eigenvalue weighted by atomic mass is 10.1. The van der Waals surface area contributed by atoms with Gasteiger partial charge in [0.25, 0.3) is 0 Å². The lowest BCUT2D eigenvalue weighted by Gasteiger charge is -2.21. The van der Waals surface area contributed by atoms with Crippen LogP contribution in [0.4, 0.5) is 0 Å². The number of thioether (sulfide) groups is 1. The molecule has 0 bridgehead atoms. The first-order valence-electron chi connectivity index (χ1n) is 5.93. The summed E-state index contributed by atoms with van der Waals surface area (Å²) in [5.74, 6) is 1.61. The molecule has 1 aliphatic rings. The molecule has 1 rings (SSSR count). The molecule has 1 saturated heterocycles. The van der Waals surface area contributed by atoms with Crippen LogP contribution in [-0.2, 0) is 9.53 Å². The molecular weight excluding hydrogens is 224 g/mol. The number of hydrogen-bond donors (Lipinski definition) is 2. The van der Waals surface area contributed by atoms with E-state index in [-0.39, 0.29) is 5.91 Å². The van der Waals surface area contributed by atoms with Crippen LogP contribution in [0.25, 0.3) is 0 Å². The van der Waals surface area contributed by atoms with E-state index in [1.807, 2.05) is 7.05 Å². The highest BCUT2D eigenvalue weighted by atomic mass is 32.2. The minimum absolute atomic E-state index is 0.121. The highest BCUT2D eigenvalue weighted by Gasteiger charge is 2.14. The van der Waals surface area contributed by atoms with Crippen LogP contribution in [0.1, 0.15) is 19.3 Å². The SMILES string of the molecule is CNCCNC(=O)CSCC1CCCCO1. The van der Waals surface area contributed by atoms with Crippen LogP contribution in [0.15, 0.2) is 0 Å². The second-order valence-electron chi connectivity index (χ2n) is 3.96. The quantitative estimate of drug-likeness (QED) is 0.647. The molecule has 2 N–H and O–H groups in total. The zero-order valence-electron chi connectivity index (χ0n) is 9.96. The predicted octanol–water partition coefficient (Wildman–Crippen LogP) is 0.624. The second kappa shape index (κ2) is 8.84. The van der Waals surface area contributed by atoms with E-state index in [1.165, 1.54) is 12.8 Å². The molecule has 1 heterocycles. The number of amides is 1. The van der Waals surface area contributed by atoms with Gasteiger partial charge in [0.05, 0.1) is 11.9 Å². The molecule has 0 aromatic rings. The molecule has 4 nitrogen and oxygen atoms in total. The summed E-state index contributed by atoms with van der Waals surface area (Å²) in [7, 11) is 1.88. The van der Waals surface area contributed by atoms with Gasteiger partial charge < -0.3 is 15.4 Å². The Morgan fingerprint density at radius 1 is 1.44 bits per heavy atom. The molecule has 1 aliphatic heterocycles. The molecule has 0 aromatic carbocycles. The lowest BCUT2D eigenvalue weighted by molar-refractivity contribution is -0.118. The molecule has 1 atom stereocenters. The van der Waals surface area contributed by atoms with Gasteiger partial charge in [0.15, 0.2) is 0 Å². The van der Waals surface area contributed by atoms with Crippen molar-refractivity contribution in [3.05, 3.63) is 0 Å². The van der Waals surface area contributed by atoms with E-state index in [9.17, 15) is 4.79 Å². The Balaban J connectivity index is 1.94. The Kier molecular flexibility index (Phi) is 7.63. The van der Waals surface area contributed by atoms with E-state index in [2.05, 4.69) is 10.6 Å². The van der Waals surface area contributed by atoms with E-state index in [0.29, 0.717) is 18.4 Å². The number of likely N-dealkylation sites (N-methyl/N-ethyl adjacent to an activating group) is 1. The standard InChI is InChI=1S/C11H22N2O2S/c1-12-5-6-13-11(14)9-16-8-10-4-2-3-7-15-10/h10,12H,2-9H2,1H3,(H,13,14). The Hall–Kier alpha value is -0.260. The maximum Gasteiger partial charge on any atom is 0.230 e. The second-order valence-corrected chi connectivity index (χ2v) is 4.99. The number of rotatable bonds is 7. The van der Waals surface area contributed by atoms with Crippen LogP contribution in [-0.4, -0.2) is 50.3 Å². The fourth-order valence-corrected chi connectivity index (χ4v) is 2.53. The van der Waals surface area contributed by atoms with Crippen molar-refractivity contribution in [2.45, 2.75) is 25.4 Å². The van der Waals surface area contributed by atoms with Crippen molar-refractivity contribution in [3.63, 3.8) is 0 Å². The molecule has 0 aliphatic carbocycles. The predicted molar refractivity (Wildman–Crippen MR) is 67.9 cm³/mol. The average Bonchev–Trinajstić information content (AvgIpc) is 2.31. The normalized spacial score (nSPS) is 20.7. The van der Waals surface area contributed by atoms with Crippen molar-refractivity contribution >= 4 is 17.7 Å². The zero-order chi connectivity index (χ0) is 11.6. The summed E-state index contributed by atoms with van der Waals surface area (Å²) in [6, 6.07) is 0. The van der Waals surface area contributed by atoms with Gasteiger partial charge in [-0.2, -0.15) is 0 Å². The summed E-state index contributed by atoms with van der Waals surface area (Å²) < 4.78 is 5.60. The zero-order valence-corrected chi connectivity index (χ0v) is 10.8. The summed E-state index contributed by atoms with van der Waals surface area (Å²) in [4.78, 5) is 11.4. The van der Waals surface area contributed by atoms with Crippen LogP contribution in [0.3, 0.4) is 0 Å². The van der Waals surface area contributed by atoms with Crippen molar-refractivity contribution in [2.24, 2.45) is 0 Å². The van der Waals surface area contributed by atoms with Crippen molar-refractivity contribution in [2.75, 3.05) is 38.2 Å². The third-order valence-corrected chi connectivity index (χ3v) is 3.58. The summed E-state index contributed by atoms with van der Waals surface area (Å²) in [5, 5.41) is 5.85. The van der Waals surface area contributed by atoms with Gasteiger partial charge in [-0.1, -0.05) is 0 Å². The van der Waals surface area contributed by atoms with Crippen molar-refractivity contribution in [1.29, 1.82) is 0 Å². The van der Waals surface area contributed by atoms with Gasteiger partial charge in [0.2, 0.25) is 5.91 Å². The first-order valence-corrected chi connectivity index (χ1v) is 7.09. The molecule has 0 radical (unpaired) electrons. The minimum atomic E-state index is 0.121. The van der Waals surface area contributed by atoms with Gasteiger partial charge in [0.1, 0.15) is 0 Å². The van der Waals surface area contributed by atoms with E-state index >= 15 is 0 Å². The molecule has 0 spiro atoms. The number of nitrogens with one attached hydrogen (secondary N) is 2. The average molecular weight is 246 g/mol. The molecule has 16 heavy (non-hydrogen) atoms. The van der Waals surface area contributed by atoms with Gasteiger partial charge in [-0.3, -0.25) is 4.79 Å². The largest absolute Gasteiger partial charge is 0.377 e. The van der Waals surface area contributed by atoms with Crippen molar-refractivity contribution < 1.29 is 9.53 Å². The van der Waals surface area contributed by atoms with E-state index in [4.69, 9.17) is 4.74 Å². The van der Waals surface area contributed by atoms with Crippen LogP contribution in [0.5, 0.6) is 0 Å². The Morgan fingerprint density at radius 3 is 3.00 bits per heavy atom. The van der Waals surface area contributed by atoms with Gasteiger partial charge in [-0.15, -0.1) is 11.8 Å². The van der Waals surface area contributed by atoms with E-state index in [0.717, 1.165) is 25.3 Å². The molecule has 1 amide bonds. The Labute approximate surface area is 102 Å². The van der Waals surface area contributed by atoms with Gasteiger partial charge in [-0.05, 0) is 26.3 Å². The smallest absolute Gasteiger partial charge is 0.230 e. The number of hydrogen-bond acceptors (Lipinski definition) is 4. The summed E-state index contributed by atoms with van der Waals surface area (Å²) in [6.07, 6.45) is 3.96. The Morgan fingerprint density at radius 2 is 2.31 bits per heavy atom. The maximum atomic E-state index is 11.4. The molecule has 94 valence electrons. The minimum Gasteiger partial charge on any atom is -0.377 e. The number of ether oxygens (including phenoxy) is 1. The Bertz CT molecular complexity index is 196. The molecular formula is C11H22N2O2S. The number of carbonyl (C=O) groups is 1.